The number of hydrogen-bond acceptors (Lipinski definition) is 3. The summed E-state index contributed by atoms with van der Waals surface area (Å²) < 4.78 is 0. The predicted molar refractivity (Wildman–Crippen MR) is 115 cm³/mol. The van der Waals surface area contributed by atoms with E-state index in [0.29, 0.717) is 16.6 Å². The van der Waals surface area contributed by atoms with Gasteiger partial charge in [-0.2, -0.15) is 0 Å². The fraction of sp³-hybridized carbons (Fsp3) is 0.333. The Morgan fingerprint density at radius 3 is 2.57 bits per heavy atom. The van der Waals surface area contributed by atoms with E-state index in [0.717, 1.165) is 35.4 Å². The second kappa shape index (κ2) is 9.21. The molecule has 0 bridgehead atoms. The monoisotopic (exact) mass is 437 g/mol. The van der Waals surface area contributed by atoms with Crippen molar-refractivity contribution >= 4 is 52.5 Å². The second-order valence-corrected chi connectivity index (χ2v) is 8.84. The predicted octanol–water partition coefficient (Wildman–Crippen LogP) is 5.82. The van der Waals surface area contributed by atoms with Crippen molar-refractivity contribution in [2.75, 3.05) is 4.90 Å². The summed E-state index contributed by atoms with van der Waals surface area (Å²) in [7, 11) is 0. The molecule has 1 atom stereocenters. The molecular weight excluding hydrogens is 417 g/mol. The molecule has 7 heteroatoms. The molecule has 0 fully saturated rings. The number of carboxylic acids is 1. The minimum atomic E-state index is -0.983. The number of carboxylic acid groups (broad SMARTS) is 1. The first-order valence-electron chi connectivity index (χ1n) is 9.15. The number of hydrogen-bond donors (Lipinski definition) is 1. The van der Waals surface area contributed by atoms with Gasteiger partial charge in [0.25, 0.3) is 0 Å². The number of halogens is 2. The third kappa shape index (κ3) is 4.83. The van der Waals surface area contributed by atoms with E-state index >= 15 is 0 Å². The lowest BCUT2D eigenvalue weighted by Crippen LogP contribution is -2.41. The van der Waals surface area contributed by atoms with Crippen molar-refractivity contribution < 1.29 is 14.7 Å². The van der Waals surface area contributed by atoms with E-state index in [2.05, 4.69) is 13.0 Å². The van der Waals surface area contributed by atoms with Gasteiger partial charge in [0.1, 0.15) is 0 Å². The van der Waals surface area contributed by atoms with E-state index < -0.39 is 11.2 Å². The zero-order valence-electron chi connectivity index (χ0n) is 15.5. The number of nitrogens with zero attached hydrogens (tertiary/aromatic N) is 1. The number of unbranched alkanes of at least 4 members (excludes halogenated alkanes) is 1. The Hall–Kier alpha value is -1.69. The lowest BCUT2D eigenvalue weighted by molar-refractivity contribution is -0.138. The van der Waals surface area contributed by atoms with Crippen molar-refractivity contribution in [2.24, 2.45) is 0 Å². The molecule has 2 aromatic carbocycles. The topological polar surface area (TPSA) is 57.6 Å². The van der Waals surface area contributed by atoms with Crippen LogP contribution in [0.5, 0.6) is 0 Å². The van der Waals surface area contributed by atoms with E-state index in [-0.39, 0.29) is 12.3 Å². The summed E-state index contributed by atoms with van der Waals surface area (Å²) in [6, 6.07) is 11.4. The minimum absolute atomic E-state index is 0.196. The molecule has 0 spiro atoms. The molecule has 0 aliphatic carbocycles. The Kier molecular flexibility index (Phi) is 6.91. The summed E-state index contributed by atoms with van der Waals surface area (Å²) in [6.07, 6.45) is 2.91. The van der Waals surface area contributed by atoms with Crippen LogP contribution < -0.4 is 4.90 Å². The van der Waals surface area contributed by atoms with Crippen molar-refractivity contribution in [1.82, 2.24) is 0 Å². The summed E-state index contributed by atoms with van der Waals surface area (Å²) in [5, 5.41) is 9.44. The van der Waals surface area contributed by atoms with Gasteiger partial charge in [-0.15, -0.1) is 11.8 Å². The lowest BCUT2D eigenvalue weighted by atomic mass is 10.1. The maximum absolute atomic E-state index is 13.1. The van der Waals surface area contributed by atoms with Gasteiger partial charge >= 0.3 is 5.97 Å². The number of amides is 1. The van der Waals surface area contributed by atoms with Gasteiger partial charge < -0.3 is 10.0 Å². The van der Waals surface area contributed by atoms with Crippen molar-refractivity contribution in [3.8, 4) is 0 Å². The molecule has 148 valence electrons. The third-order valence-corrected chi connectivity index (χ3v) is 6.62. The molecule has 0 saturated carbocycles. The minimum Gasteiger partial charge on any atom is -0.481 e. The normalized spacial score (nSPS) is 16.2. The molecule has 2 aromatic rings. The summed E-state index contributed by atoms with van der Waals surface area (Å²) in [5.41, 5.74) is 2.84. The van der Waals surface area contributed by atoms with Gasteiger partial charge in [-0.05, 0) is 48.2 Å². The van der Waals surface area contributed by atoms with Crippen LogP contribution in [0.1, 0.15) is 37.3 Å². The Morgan fingerprint density at radius 2 is 1.89 bits per heavy atom. The van der Waals surface area contributed by atoms with Gasteiger partial charge in [0.15, 0.2) is 0 Å². The number of thioether (sulfide) groups is 1. The Balaban J connectivity index is 1.97. The highest BCUT2D eigenvalue weighted by molar-refractivity contribution is 8.01. The largest absolute Gasteiger partial charge is 0.481 e. The highest BCUT2D eigenvalue weighted by atomic mass is 35.5. The molecular formula is C21H21Cl2NO3S. The van der Waals surface area contributed by atoms with Crippen molar-refractivity contribution in [3.05, 3.63) is 57.6 Å². The number of aliphatic carboxylic acids is 1. The number of benzene rings is 2. The van der Waals surface area contributed by atoms with E-state index in [1.54, 1.807) is 17.0 Å². The van der Waals surface area contributed by atoms with Crippen LogP contribution in [0, 0.1) is 0 Å². The van der Waals surface area contributed by atoms with Crippen LogP contribution >= 0.6 is 35.0 Å². The van der Waals surface area contributed by atoms with Gasteiger partial charge in [0.2, 0.25) is 5.91 Å². The maximum atomic E-state index is 13.1. The number of carbonyl (C=O) groups excluding carboxylic acids is 1. The molecule has 28 heavy (non-hydrogen) atoms. The number of fused-ring (bicyclic) bond motifs is 1. The zero-order valence-corrected chi connectivity index (χ0v) is 17.8. The average Bonchev–Trinajstić information content (AvgIpc) is 2.66. The molecule has 3 rings (SSSR count). The van der Waals surface area contributed by atoms with E-state index in [4.69, 9.17) is 23.2 Å². The van der Waals surface area contributed by atoms with Crippen LogP contribution in [0.4, 0.5) is 5.69 Å². The maximum Gasteiger partial charge on any atom is 0.305 e. The van der Waals surface area contributed by atoms with Crippen molar-refractivity contribution in [3.63, 3.8) is 0 Å². The number of rotatable bonds is 7. The summed E-state index contributed by atoms with van der Waals surface area (Å²) >= 11 is 13.5. The molecule has 0 saturated heterocycles. The van der Waals surface area contributed by atoms with Crippen molar-refractivity contribution in [1.29, 1.82) is 0 Å². The SMILES string of the molecule is CCCCc1ccc2c(c1)N(Cc1ccc(Cl)c(Cl)c1)C(=O)C(CC(=O)O)S2. The molecule has 1 aliphatic rings. The summed E-state index contributed by atoms with van der Waals surface area (Å²) in [4.78, 5) is 26.9. The van der Waals surface area contributed by atoms with Crippen LogP contribution in [0.15, 0.2) is 41.3 Å². The molecule has 1 N–H and O–H groups in total. The molecule has 1 heterocycles. The van der Waals surface area contributed by atoms with E-state index in [1.165, 1.54) is 17.3 Å². The lowest BCUT2D eigenvalue weighted by Gasteiger charge is -2.34. The molecule has 1 amide bonds. The van der Waals surface area contributed by atoms with E-state index in [9.17, 15) is 14.7 Å². The van der Waals surface area contributed by atoms with Crippen LogP contribution in [-0.2, 0) is 22.6 Å². The van der Waals surface area contributed by atoms with Crippen LogP contribution in [0.25, 0.3) is 0 Å². The fourth-order valence-electron chi connectivity index (χ4n) is 3.18. The molecule has 0 radical (unpaired) electrons. The van der Waals surface area contributed by atoms with Gasteiger partial charge in [-0.1, -0.05) is 48.7 Å². The molecule has 1 unspecified atom stereocenters. The van der Waals surface area contributed by atoms with Gasteiger partial charge in [-0.25, -0.2) is 0 Å². The number of anilines is 1. The highest BCUT2D eigenvalue weighted by Gasteiger charge is 2.35. The molecule has 0 aromatic heterocycles. The van der Waals surface area contributed by atoms with Crippen LogP contribution in [0.3, 0.4) is 0 Å². The Bertz CT molecular complexity index is 903. The first-order valence-corrected chi connectivity index (χ1v) is 10.8. The average molecular weight is 438 g/mol. The smallest absolute Gasteiger partial charge is 0.305 e. The highest BCUT2D eigenvalue weighted by Crippen LogP contribution is 2.42. The second-order valence-electron chi connectivity index (χ2n) is 6.78. The Morgan fingerprint density at radius 1 is 1.14 bits per heavy atom. The summed E-state index contributed by atoms with van der Waals surface area (Å²) in [5.74, 6) is -1.18. The van der Waals surface area contributed by atoms with Gasteiger partial charge in [0.05, 0.1) is 33.9 Å². The fourth-order valence-corrected chi connectivity index (χ4v) is 4.70. The third-order valence-electron chi connectivity index (χ3n) is 4.63. The number of carbonyl (C=O) groups is 2. The zero-order chi connectivity index (χ0) is 20.3. The first kappa shape index (κ1) is 21.0. The summed E-state index contributed by atoms with van der Waals surface area (Å²) in [6.45, 7) is 2.46. The Labute approximate surface area is 178 Å². The van der Waals surface area contributed by atoms with Crippen LogP contribution in [-0.4, -0.2) is 22.2 Å². The van der Waals surface area contributed by atoms with Gasteiger partial charge in [-0.3, -0.25) is 9.59 Å². The van der Waals surface area contributed by atoms with Crippen molar-refractivity contribution in [2.45, 2.75) is 49.3 Å². The quantitative estimate of drug-likeness (QED) is 0.592. The molecule has 4 nitrogen and oxygen atoms in total. The van der Waals surface area contributed by atoms with Gasteiger partial charge in [0, 0.05) is 4.90 Å². The molecule has 1 aliphatic heterocycles. The van der Waals surface area contributed by atoms with E-state index in [1.807, 2.05) is 18.2 Å². The van der Waals surface area contributed by atoms with Crippen LogP contribution in [0.2, 0.25) is 10.0 Å². The standard InChI is InChI=1S/C21H21Cl2NO3S/c1-2-3-4-13-6-8-18-17(10-13)24(21(27)19(28-18)11-20(25)26)12-14-5-7-15(22)16(23)9-14/h5-10,19H,2-4,11-12H2,1H3,(H,25,26). The number of aryl methyl sites for hydroxylation is 1. The first-order chi connectivity index (χ1) is 13.4.